The first kappa shape index (κ1) is 19.0. The van der Waals surface area contributed by atoms with Gasteiger partial charge < -0.3 is 9.73 Å². The molecule has 3 heterocycles. The Morgan fingerprint density at radius 1 is 1.18 bits per heavy atom. The summed E-state index contributed by atoms with van der Waals surface area (Å²) in [5.41, 5.74) is 2.62. The van der Waals surface area contributed by atoms with Gasteiger partial charge in [0, 0.05) is 20.8 Å². The highest BCUT2D eigenvalue weighted by molar-refractivity contribution is 9.10. The lowest BCUT2D eigenvalue weighted by Gasteiger charge is -2.01. The quantitative estimate of drug-likeness (QED) is 0.403. The molecule has 4 rings (SSSR count). The smallest absolute Gasteiger partial charge is 0.226 e. The minimum Gasteiger partial charge on any atom is -0.458 e. The predicted octanol–water partition coefficient (Wildman–Crippen LogP) is 5.46. The fourth-order valence-corrected chi connectivity index (χ4v) is 4.46. The zero-order valence-corrected chi connectivity index (χ0v) is 18.2. The number of thiazole rings is 2. The summed E-state index contributed by atoms with van der Waals surface area (Å²) < 4.78 is 6.77. The normalized spacial score (nSPS) is 10.9. The molecule has 1 N–H and O–H groups in total. The third-order valence-electron chi connectivity index (χ3n) is 3.96. The van der Waals surface area contributed by atoms with E-state index in [-0.39, 0.29) is 12.3 Å². The van der Waals surface area contributed by atoms with Crippen LogP contribution in [0.5, 0.6) is 0 Å². The Balaban J connectivity index is 1.33. The van der Waals surface area contributed by atoms with E-state index in [1.54, 1.807) is 11.3 Å². The fraction of sp³-hybridized carbons (Fsp3) is 0.150. The van der Waals surface area contributed by atoms with Gasteiger partial charge in [-0.2, -0.15) is 0 Å². The van der Waals surface area contributed by atoms with E-state index in [9.17, 15) is 4.79 Å². The van der Waals surface area contributed by atoms with Gasteiger partial charge in [-0.25, -0.2) is 9.97 Å². The van der Waals surface area contributed by atoms with Gasteiger partial charge in [0.25, 0.3) is 0 Å². The molecule has 0 saturated heterocycles. The Kier molecular flexibility index (Phi) is 5.70. The maximum Gasteiger partial charge on any atom is 0.226 e. The maximum atomic E-state index is 12.3. The molecule has 1 amide bonds. The van der Waals surface area contributed by atoms with Crippen molar-refractivity contribution in [3.63, 3.8) is 0 Å². The first-order valence-electron chi connectivity index (χ1n) is 8.55. The molecule has 0 aliphatic carbocycles. The van der Waals surface area contributed by atoms with E-state index in [0.29, 0.717) is 18.1 Å². The molecule has 0 aliphatic heterocycles. The molecule has 4 aromatic rings. The predicted molar refractivity (Wildman–Crippen MR) is 115 cm³/mol. The van der Waals surface area contributed by atoms with Crippen molar-refractivity contribution in [3.05, 3.63) is 68.1 Å². The van der Waals surface area contributed by atoms with Crippen LogP contribution >= 0.6 is 38.6 Å². The van der Waals surface area contributed by atoms with Crippen molar-refractivity contribution in [2.75, 3.05) is 0 Å². The van der Waals surface area contributed by atoms with Gasteiger partial charge in [-0.15, -0.1) is 22.7 Å². The minimum atomic E-state index is -0.0893. The molecule has 0 radical (unpaired) electrons. The third-order valence-corrected chi connectivity index (χ3v) is 6.16. The van der Waals surface area contributed by atoms with Gasteiger partial charge in [-0.1, -0.05) is 28.1 Å². The number of hydrogen-bond acceptors (Lipinski definition) is 6. The maximum absolute atomic E-state index is 12.3. The summed E-state index contributed by atoms with van der Waals surface area (Å²) in [6.07, 6.45) is 0.239. The number of benzene rings is 1. The van der Waals surface area contributed by atoms with Gasteiger partial charge in [0.1, 0.15) is 16.5 Å². The monoisotopic (exact) mass is 473 g/mol. The van der Waals surface area contributed by atoms with Crippen LogP contribution in [0.2, 0.25) is 0 Å². The number of halogens is 1. The first-order valence-corrected chi connectivity index (χ1v) is 11.1. The van der Waals surface area contributed by atoms with Crippen LogP contribution in [-0.4, -0.2) is 15.9 Å². The highest BCUT2D eigenvalue weighted by atomic mass is 79.9. The highest BCUT2D eigenvalue weighted by Crippen LogP contribution is 2.26. The number of rotatable bonds is 6. The zero-order valence-electron chi connectivity index (χ0n) is 14.9. The van der Waals surface area contributed by atoms with Crippen molar-refractivity contribution in [2.24, 2.45) is 0 Å². The Morgan fingerprint density at radius 2 is 2.07 bits per heavy atom. The SMILES string of the molecule is Cc1nc(-c2ccc(CNC(=O)Cc3csc(-c4cccc(Br)c4)n3)o2)cs1. The molecule has 1 aromatic carbocycles. The summed E-state index contributed by atoms with van der Waals surface area (Å²) in [6, 6.07) is 11.7. The zero-order chi connectivity index (χ0) is 19.5. The van der Waals surface area contributed by atoms with E-state index >= 15 is 0 Å². The number of amides is 1. The molecule has 0 saturated carbocycles. The molecule has 8 heteroatoms. The lowest BCUT2D eigenvalue weighted by Crippen LogP contribution is -2.24. The second-order valence-corrected chi connectivity index (χ2v) is 8.96. The van der Waals surface area contributed by atoms with Crippen molar-refractivity contribution >= 4 is 44.5 Å². The average Bonchev–Trinajstić information content (AvgIpc) is 3.40. The Labute approximate surface area is 178 Å². The molecule has 0 fully saturated rings. The molecule has 5 nitrogen and oxygen atoms in total. The van der Waals surface area contributed by atoms with Gasteiger partial charge in [-0.05, 0) is 31.2 Å². The molecule has 142 valence electrons. The fourth-order valence-electron chi connectivity index (χ4n) is 2.64. The minimum absolute atomic E-state index is 0.0893. The molecular formula is C20H16BrN3O2S2. The number of carbonyl (C=O) groups is 1. The number of carbonyl (C=O) groups excluding carboxylic acids is 1. The van der Waals surface area contributed by atoms with Crippen molar-refractivity contribution in [1.82, 2.24) is 15.3 Å². The Morgan fingerprint density at radius 3 is 2.86 bits per heavy atom. The number of nitrogens with one attached hydrogen (secondary N) is 1. The number of furan rings is 1. The van der Waals surface area contributed by atoms with Crippen LogP contribution in [0, 0.1) is 6.92 Å². The number of aryl methyl sites for hydroxylation is 1. The molecule has 0 aliphatic rings. The van der Waals surface area contributed by atoms with Crippen molar-refractivity contribution < 1.29 is 9.21 Å². The summed E-state index contributed by atoms with van der Waals surface area (Å²) in [7, 11) is 0. The van der Waals surface area contributed by atoms with Crippen molar-refractivity contribution in [3.8, 4) is 22.0 Å². The van der Waals surface area contributed by atoms with E-state index in [2.05, 4.69) is 31.2 Å². The summed E-state index contributed by atoms with van der Waals surface area (Å²) in [5, 5.41) is 8.66. The van der Waals surface area contributed by atoms with Crippen molar-refractivity contribution in [2.45, 2.75) is 19.9 Å². The standard InChI is InChI=1S/C20H16BrN3O2S2/c1-12-23-17(11-27-12)18-6-5-16(26-18)9-22-19(25)8-15-10-28-20(24-15)13-3-2-4-14(21)7-13/h2-7,10-11H,8-9H2,1H3,(H,22,25). The van der Waals surface area contributed by atoms with Crippen LogP contribution in [0.1, 0.15) is 16.5 Å². The van der Waals surface area contributed by atoms with Gasteiger partial charge in [0.15, 0.2) is 5.76 Å². The number of nitrogens with zero attached hydrogens (tertiary/aromatic N) is 2. The Bertz CT molecular complexity index is 1120. The second kappa shape index (κ2) is 8.38. The molecule has 3 aromatic heterocycles. The Hall–Kier alpha value is -2.29. The van der Waals surface area contributed by atoms with Gasteiger partial charge in [0.2, 0.25) is 5.91 Å². The summed E-state index contributed by atoms with van der Waals surface area (Å²) in [6.45, 7) is 2.29. The van der Waals surface area contributed by atoms with Crippen molar-refractivity contribution in [1.29, 1.82) is 0 Å². The van der Waals surface area contributed by atoms with Crippen LogP contribution in [-0.2, 0) is 17.8 Å². The topological polar surface area (TPSA) is 68.0 Å². The van der Waals surface area contributed by atoms with E-state index < -0.39 is 0 Å². The molecule has 28 heavy (non-hydrogen) atoms. The van der Waals surface area contributed by atoms with Gasteiger partial charge in [-0.3, -0.25) is 4.79 Å². The van der Waals surface area contributed by atoms with Crippen LogP contribution in [0.15, 0.2) is 56.0 Å². The molecule has 0 bridgehead atoms. The largest absolute Gasteiger partial charge is 0.458 e. The van der Waals surface area contributed by atoms with Gasteiger partial charge in [0.05, 0.1) is 23.7 Å². The van der Waals surface area contributed by atoms with Gasteiger partial charge >= 0.3 is 0 Å². The third kappa shape index (κ3) is 4.57. The van der Waals surface area contributed by atoms with E-state index in [1.165, 1.54) is 11.3 Å². The van der Waals surface area contributed by atoms with E-state index in [1.807, 2.05) is 54.1 Å². The van der Waals surface area contributed by atoms with E-state index in [4.69, 9.17) is 4.42 Å². The molecule has 0 atom stereocenters. The highest BCUT2D eigenvalue weighted by Gasteiger charge is 2.11. The summed E-state index contributed by atoms with van der Waals surface area (Å²) >= 11 is 6.58. The summed E-state index contributed by atoms with van der Waals surface area (Å²) in [4.78, 5) is 21.2. The lowest BCUT2D eigenvalue weighted by atomic mass is 10.2. The average molecular weight is 474 g/mol. The summed E-state index contributed by atoms with van der Waals surface area (Å²) in [5.74, 6) is 1.32. The molecule has 0 spiro atoms. The van der Waals surface area contributed by atoms with Crippen LogP contribution < -0.4 is 5.32 Å². The molecular weight excluding hydrogens is 458 g/mol. The molecule has 0 unspecified atom stereocenters. The number of hydrogen-bond donors (Lipinski definition) is 1. The van der Waals surface area contributed by atoms with Crippen LogP contribution in [0.3, 0.4) is 0 Å². The number of aromatic nitrogens is 2. The second-order valence-electron chi connectivity index (χ2n) is 6.13. The first-order chi connectivity index (χ1) is 13.6. The van der Waals surface area contributed by atoms with Crippen LogP contribution in [0.25, 0.3) is 22.0 Å². The van der Waals surface area contributed by atoms with E-state index in [0.717, 1.165) is 31.4 Å². The lowest BCUT2D eigenvalue weighted by molar-refractivity contribution is -0.120. The van der Waals surface area contributed by atoms with Crippen LogP contribution in [0.4, 0.5) is 0 Å².